The maximum atomic E-state index is 11.3. The number of guanidine groups is 1. The molecular formula is C12H26N4O2S. The highest BCUT2D eigenvalue weighted by atomic mass is 32.2. The van der Waals surface area contributed by atoms with Gasteiger partial charge in [-0.05, 0) is 26.7 Å². The van der Waals surface area contributed by atoms with Crippen molar-refractivity contribution in [1.82, 2.24) is 15.4 Å². The fourth-order valence-electron chi connectivity index (χ4n) is 2.30. The van der Waals surface area contributed by atoms with Crippen LogP contribution in [-0.2, 0) is 10.0 Å². The summed E-state index contributed by atoms with van der Waals surface area (Å²) in [5.41, 5.74) is -0.555. The second kappa shape index (κ2) is 6.56. The first-order valence-electron chi connectivity index (χ1n) is 6.68. The smallest absolute Gasteiger partial charge is 0.209 e. The van der Waals surface area contributed by atoms with E-state index >= 15 is 0 Å². The summed E-state index contributed by atoms with van der Waals surface area (Å²) in [7, 11) is -1.49. The molecular weight excluding hydrogens is 264 g/mol. The number of nitrogens with zero attached hydrogens (tertiary/aromatic N) is 1. The van der Waals surface area contributed by atoms with Gasteiger partial charge in [-0.2, -0.15) is 0 Å². The van der Waals surface area contributed by atoms with Crippen LogP contribution in [0, 0.1) is 0 Å². The van der Waals surface area contributed by atoms with Crippen LogP contribution < -0.4 is 15.4 Å². The van der Waals surface area contributed by atoms with Crippen molar-refractivity contribution in [1.29, 1.82) is 0 Å². The molecule has 0 unspecified atom stereocenters. The van der Waals surface area contributed by atoms with E-state index in [1.807, 2.05) is 13.8 Å². The van der Waals surface area contributed by atoms with Crippen molar-refractivity contribution in [3.05, 3.63) is 0 Å². The minimum absolute atomic E-state index is 0.479. The third kappa shape index (κ3) is 6.77. The van der Waals surface area contributed by atoms with Gasteiger partial charge in [0.05, 0.1) is 6.26 Å². The van der Waals surface area contributed by atoms with Gasteiger partial charge in [0.2, 0.25) is 10.0 Å². The quantitative estimate of drug-likeness (QED) is 0.506. The number of hydrogen-bond donors (Lipinski definition) is 3. The average molecular weight is 290 g/mol. The highest BCUT2D eigenvalue weighted by Crippen LogP contribution is 2.17. The number of rotatable bonds is 5. The van der Waals surface area contributed by atoms with E-state index < -0.39 is 15.6 Å². The molecule has 0 aliphatic heterocycles. The third-order valence-corrected chi connectivity index (χ3v) is 4.00. The molecule has 0 amide bonds. The average Bonchev–Trinajstić information content (AvgIpc) is 2.73. The maximum absolute atomic E-state index is 11.3. The van der Waals surface area contributed by atoms with Gasteiger partial charge in [-0.3, -0.25) is 4.99 Å². The van der Waals surface area contributed by atoms with Crippen molar-refractivity contribution >= 4 is 16.0 Å². The Labute approximate surface area is 116 Å². The van der Waals surface area contributed by atoms with E-state index in [1.54, 1.807) is 7.05 Å². The molecule has 0 heterocycles. The molecule has 0 spiro atoms. The number of hydrogen-bond acceptors (Lipinski definition) is 3. The van der Waals surface area contributed by atoms with Crippen molar-refractivity contribution in [2.24, 2.45) is 4.99 Å². The first-order chi connectivity index (χ1) is 8.72. The van der Waals surface area contributed by atoms with Crippen LogP contribution >= 0.6 is 0 Å². The van der Waals surface area contributed by atoms with Gasteiger partial charge in [0.1, 0.15) is 0 Å². The Morgan fingerprint density at radius 3 is 2.37 bits per heavy atom. The van der Waals surface area contributed by atoms with Crippen LogP contribution in [0.15, 0.2) is 4.99 Å². The van der Waals surface area contributed by atoms with Gasteiger partial charge >= 0.3 is 0 Å². The van der Waals surface area contributed by atoms with E-state index in [-0.39, 0.29) is 0 Å². The molecule has 1 fully saturated rings. The van der Waals surface area contributed by atoms with Crippen LogP contribution in [-0.4, -0.2) is 45.8 Å². The van der Waals surface area contributed by atoms with Crippen LogP contribution in [0.25, 0.3) is 0 Å². The fraction of sp³-hybridized carbons (Fsp3) is 0.917. The van der Waals surface area contributed by atoms with E-state index in [0.29, 0.717) is 12.6 Å². The van der Waals surface area contributed by atoms with Gasteiger partial charge in [0, 0.05) is 25.2 Å². The van der Waals surface area contributed by atoms with Crippen molar-refractivity contribution in [2.75, 3.05) is 19.8 Å². The van der Waals surface area contributed by atoms with Gasteiger partial charge in [-0.1, -0.05) is 12.8 Å². The topological polar surface area (TPSA) is 82.6 Å². The lowest BCUT2D eigenvalue weighted by Gasteiger charge is -2.27. The lowest BCUT2D eigenvalue weighted by Crippen LogP contribution is -2.53. The van der Waals surface area contributed by atoms with Gasteiger partial charge in [0.15, 0.2) is 5.96 Å². The molecule has 0 aromatic heterocycles. The number of nitrogens with one attached hydrogen (secondary N) is 3. The summed E-state index contributed by atoms with van der Waals surface area (Å²) in [6.07, 6.45) is 6.03. The molecule has 0 radical (unpaired) electrons. The summed E-state index contributed by atoms with van der Waals surface area (Å²) >= 11 is 0. The zero-order valence-electron chi connectivity index (χ0n) is 12.3. The second-order valence-electron chi connectivity index (χ2n) is 5.81. The molecule has 112 valence electrons. The highest BCUT2D eigenvalue weighted by Gasteiger charge is 2.23. The number of aliphatic imine (C=N–C) groups is 1. The van der Waals surface area contributed by atoms with Crippen LogP contribution in [0.5, 0.6) is 0 Å². The molecule has 0 bridgehead atoms. The standard InChI is InChI=1S/C12H26N4O2S/c1-12(2,16-19(4,17)18)9-14-11(13-3)15-10-7-5-6-8-10/h10,16H,5-9H2,1-4H3,(H2,13,14,15). The first-order valence-corrected chi connectivity index (χ1v) is 8.57. The summed E-state index contributed by atoms with van der Waals surface area (Å²) in [4.78, 5) is 4.17. The van der Waals surface area contributed by atoms with Crippen LogP contribution in [0.2, 0.25) is 0 Å². The first kappa shape index (κ1) is 16.2. The largest absolute Gasteiger partial charge is 0.355 e. The Morgan fingerprint density at radius 1 is 1.32 bits per heavy atom. The molecule has 1 rings (SSSR count). The molecule has 0 aromatic rings. The third-order valence-electron chi connectivity index (χ3n) is 3.08. The Hall–Kier alpha value is -0.820. The monoisotopic (exact) mass is 290 g/mol. The Bertz CT molecular complexity index is 411. The van der Waals surface area contributed by atoms with Gasteiger partial charge < -0.3 is 10.6 Å². The highest BCUT2D eigenvalue weighted by molar-refractivity contribution is 7.88. The van der Waals surface area contributed by atoms with Crippen molar-refractivity contribution in [3.8, 4) is 0 Å². The van der Waals surface area contributed by atoms with E-state index in [2.05, 4.69) is 20.3 Å². The lowest BCUT2D eigenvalue weighted by molar-refractivity contribution is 0.444. The summed E-state index contributed by atoms with van der Waals surface area (Å²) in [6, 6.07) is 0.483. The van der Waals surface area contributed by atoms with Crippen molar-refractivity contribution in [2.45, 2.75) is 51.1 Å². The van der Waals surface area contributed by atoms with E-state index in [4.69, 9.17) is 0 Å². The van der Waals surface area contributed by atoms with E-state index in [1.165, 1.54) is 31.9 Å². The fourth-order valence-corrected chi connectivity index (χ4v) is 3.38. The summed E-state index contributed by atoms with van der Waals surface area (Å²) in [5, 5.41) is 6.53. The summed E-state index contributed by atoms with van der Waals surface area (Å²) < 4.78 is 25.1. The van der Waals surface area contributed by atoms with Crippen molar-refractivity contribution < 1.29 is 8.42 Å². The molecule has 0 atom stereocenters. The maximum Gasteiger partial charge on any atom is 0.209 e. The molecule has 1 saturated carbocycles. The van der Waals surface area contributed by atoms with Gasteiger partial charge in [-0.25, -0.2) is 13.1 Å². The molecule has 0 aromatic carbocycles. The van der Waals surface area contributed by atoms with Gasteiger partial charge in [-0.15, -0.1) is 0 Å². The minimum Gasteiger partial charge on any atom is -0.355 e. The predicted octanol–water partition coefficient (Wildman–Crippen LogP) is 0.422. The zero-order valence-corrected chi connectivity index (χ0v) is 13.1. The minimum atomic E-state index is -3.21. The summed E-state index contributed by atoms with van der Waals surface area (Å²) in [5.74, 6) is 0.732. The molecule has 3 N–H and O–H groups in total. The molecule has 6 nitrogen and oxygen atoms in total. The van der Waals surface area contributed by atoms with Crippen LogP contribution in [0.1, 0.15) is 39.5 Å². The van der Waals surface area contributed by atoms with Crippen LogP contribution in [0.3, 0.4) is 0 Å². The zero-order chi connectivity index (χ0) is 14.5. The summed E-state index contributed by atoms with van der Waals surface area (Å²) in [6.45, 7) is 4.15. The molecule has 7 heteroatoms. The Balaban J connectivity index is 2.44. The van der Waals surface area contributed by atoms with Gasteiger partial charge in [0.25, 0.3) is 0 Å². The van der Waals surface area contributed by atoms with E-state index in [9.17, 15) is 8.42 Å². The molecule has 19 heavy (non-hydrogen) atoms. The Morgan fingerprint density at radius 2 is 1.89 bits per heavy atom. The molecule has 1 aliphatic carbocycles. The predicted molar refractivity (Wildman–Crippen MR) is 78.8 cm³/mol. The normalized spacial score (nSPS) is 18.6. The Kier molecular flexibility index (Phi) is 5.61. The van der Waals surface area contributed by atoms with E-state index in [0.717, 1.165) is 5.96 Å². The second-order valence-corrected chi connectivity index (χ2v) is 7.56. The lowest BCUT2D eigenvalue weighted by atomic mass is 10.1. The van der Waals surface area contributed by atoms with Crippen LogP contribution in [0.4, 0.5) is 0 Å². The molecule has 0 saturated heterocycles. The number of sulfonamides is 1. The SMILES string of the molecule is CN=C(NCC(C)(C)NS(C)(=O)=O)NC1CCCC1. The van der Waals surface area contributed by atoms with Crippen molar-refractivity contribution in [3.63, 3.8) is 0 Å². The molecule has 1 aliphatic rings.